The summed E-state index contributed by atoms with van der Waals surface area (Å²) in [7, 11) is 0. The molecule has 0 rings (SSSR count). The first-order valence-corrected chi connectivity index (χ1v) is 4.70. The van der Waals surface area contributed by atoms with Gasteiger partial charge in [-0.25, -0.2) is 0 Å². The summed E-state index contributed by atoms with van der Waals surface area (Å²) in [6.45, 7) is 6.43. The summed E-state index contributed by atoms with van der Waals surface area (Å²) in [5.41, 5.74) is 0. The lowest BCUT2D eigenvalue weighted by Crippen LogP contribution is -2.05. The highest BCUT2D eigenvalue weighted by atomic mass is 14.1. The molecular weight excluding hydrogens is 144 g/mol. The van der Waals surface area contributed by atoms with Gasteiger partial charge >= 0.3 is 0 Å². The molecule has 0 aliphatic carbocycles. The molecule has 0 aliphatic rings. The van der Waals surface area contributed by atoms with Crippen molar-refractivity contribution in [3.05, 3.63) is 0 Å². The van der Waals surface area contributed by atoms with Crippen LogP contribution in [0.3, 0.4) is 0 Å². The molecule has 0 fully saturated rings. The van der Waals surface area contributed by atoms with Gasteiger partial charge in [0.2, 0.25) is 0 Å². The molecule has 0 saturated heterocycles. The second-order valence-electron chi connectivity index (χ2n) is 3.10. The Morgan fingerprint density at radius 3 is 2.42 bits per heavy atom. The van der Waals surface area contributed by atoms with Crippen molar-refractivity contribution in [1.29, 1.82) is 0 Å². The molecule has 0 spiro atoms. The predicted molar refractivity (Wildman–Crippen MR) is 54.5 cm³/mol. The third-order valence-corrected chi connectivity index (χ3v) is 2.03. The van der Waals surface area contributed by atoms with Gasteiger partial charge in [-0.2, -0.15) is 0 Å². The Hall–Kier alpha value is -0.880. The van der Waals surface area contributed by atoms with Crippen LogP contribution >= 0.6 is 0 Å². The minimum atomic E-state index is 0.154. The fourth-order valence-electron chi connectivity index (χ4n) is 0.891. The van der Waals surface area contributed by atoms with Crippen LogP contribution in [-0.4, -0.2) is 0 Å². The van der Waals surface area contributed by atoms with Crippen LogP contribution < -0.4 is 0 Å². The normalized spacial score (nSPS) is 13.8. The minimum Gasteiger partial charge on any atom is -0.119 e. The third-order valence-electron chi connectivity index (χ3n) is 2.03. The van der Waals surface area contributed by atoms with Gasteiger partial charge in [0.25, 0.3) is 0 Å². The summed E-state index contributed by atoms with van der Waals surface area (Å²) in [5, 5.41) is 0. The van der Waals surface area contributed by atoms with Gasteiger partial charge in [0.05, 0.1) is 5.92 Å². The number of terminal acetylenes is 1. The average molecular weight is 162 g/mol. The summed E-state index contributed by atoms with van der Waals surface area (Å²) in [4.78, 5) is 0. The molecule has 0 aromatic carbocycles. The summed E-state index contributed by atoms with van der Waals surface area (Å²) in [5.74, 6) is 9.66. The zero-order valence-electron chi connectivity index (χ0n) is 8.35. The number of unbranched alkanes of at least 4 members (excludes halogenated alkanes) is 1. The highest BCUT2D eigenvalue weighted by Gasteiger charge is 2.08. The number of hydrogen-bond acceptors (Lipinski definition) is 0. The SMILES string of the molecule is C#CC(C#CCCC)C(C)CC. The third kappa shape index (κ3) is 4.09. The fraction of sp³-hybridized carbons (Fsp3) is 0.667. The Morgan fingerprint density at radius 2 is 2.00 bits per heavy atom. The predicted octanol–water partition coefficient (Wildman–Crippen LogP) is 3.09. The standard InChI is InChI=1S/C12H18/c1-5-8-9-10-12(7-3)11(4)6-2/h3,11-12H,5-6,8H2,1-2,4H3. The van der Waals surface area contributed by atoms with E-state index in [0.717, 1.165) is 19.3 Å². The van der Waals surface area contributed by atoms with E-state index < -0.39 is 0 Å². The molecular formula is C12H18. The quantitative estimate of drug-likeness (QED) is 0.559. The van der Waals surface area contributed by atoms with Crippen molar-refractivity contribution in [2.75, 3.05) is 0 Å². The molecule has 0 radical (unpaired) electrons. The molecule has 0 heterocycles. The maximum absolute atomic E-state index is 5.38. The topological polar surface area (TPSA) is 0 Å². The van der Waals surface area contributed by atoms with Crippen molar-refractivity contribution in [3.63, 3.8) is 0 Å². The van der Waals surface area contributed by atoms with Crippen LogP contribution in [0.25, 0.3) is 0 Å². The number of rotatable bonds is 3. The molecule has 0 heteroatoms. The van der Waals surface area contributed by atoms with E-state index in [4.69, 9.17) is 6.42 Å². The van der Waals surface area contributed by atoms with Crippen molar-refractivity contribution in [3.8, 4) is 24.2 Å². The molecule has 12 heavy (non-hydrogen) atoms. The van der Waals surface area contributed by atoms with E-state index in [-0.39, 0.29) is 5.92 Å². The maximum Gasteiger partial charge on any atom is 0.0834 e. The van der Waals surface area contributed by atoms with E-state index in [2.05, 4.69) is 38.5 Å². The molecule has 0 N–H and O–H groups in total. The number of hydrogen-bond donors (Lipinski definition) is 0. The van der Waals surface area contributed by atoms with Gasteiger partial charge in [0, 0.05) is 6.42 Å². The van der Waals surface area contributed by atoms with Crippen LogP contribution in [0.15, 0.2) is 0 Å². The van der Waals surface area contributed by atoms with Crippen LogP contribution in [0.5, 0.6) is 0 Å². The molecule has 0 amide bonds. The Morgan fingerprint density at radius 1 is 1.33 bits per heavy atom. The van der Waals surface area contributed by atoms with Crippen LogP contribution in [-0.2, 0) is 0 Å². The largest absolute Gasteiger partial charge is 0.119 e. The van der Waals surface area contributed by atoms with E-state index >= 15 is 0 Å². The van der Waals surface area contributed by atoms with Crippen LogP contribution in [0, 0.1) is 36.0 Å². The van der Waals surface area contributed by atoms with Crippen molar-refractivity contribution in [2.24, 2.45) is 11.8 Å². The van der Waals surface area contributed by atoms with Gasteiger partial charge in [-0.1, -0.05) is 39.0 Å². The smallest absolute Gasteiger partial charge is 0.0834 e. The summed E-state index contributed by atoms with van der Waals surface area (Å²) in [6, 6.07) is 0. The van der Waals surface area contributed by atoms with Gasteiger partial charge < -0.3 is 0 Å². The Bertz CT molecular complexity index is 196. The highest BCUT2D eigenvalue weighted by molar-refractivity contribution is 5.15. The van der Waals surface area contributed by atoms with Gasteiger partial charge in [0.1, 0.15) is 0 Å². The van der Waals surface area contributed by atoms with Gasteiger partial charge in [-0.15, -0.1) is 12.3 Å². The van der Waals surface area contributed by atoms with Crippen molar-refractivity contribution < 1.29 is 0 Å². The Kier molecular flexibility index (Phi) is 6.31. The van der Waals surface area contributed by atoms with E-state index in [1.807, 2.05) is 0 Å². The average Bonchev–Trinajstić information content (AvgIpc) is 2.11. The molecule has 2 atom stereocenters. The van der Waals surface area contributed by atoms with Crippen LogP contribution in [0.2, 0.25) is 0 Å². The lowest BCUT2D eigenvalue weighted by Gasteiger charge is -2.09. The van der Waals surface area contributed by atoms with E-state index in [0.29, 0.717) is 5.92 Å². The van der Waals surface area contributed by atoms with E-state index in [9.17, 15) is 0 Å². The van der Waals surface area contributed by atoms with Gasteiger partial charge in [-0.3, -0.25) is 0 Å². The lowest BCUT2D eigenvalue weighted by atomic mass is 9.93. The van der Waals surface area contributed by atoms with Crippen LogP contribution in [0.4, 0.5) is 0 Å². The monoisotopic (exact) mass is 162 g/mol. The van der Waals surface area contributed by atoms with E-state index in [1.165, 1.54) is 0 Å². The van der Waals surface area contributed by atoms with Crippen molar-refractivity contribution in [1.82, 2.24) is 0 Å². The molecule has 0 aliphatic heterocycles. The minimum absolute atomic E-state index is 0.154. The second-order valence-corrected chi connectivity index (χ2v) is 3.10. The Balaban J connectivity index is 4.03. The van der Waals surface area contributed by atoms with Gasteiger partial charge in [-0.05, 0) is 12.3 Å². The van der Waals surface area contributed by atoms with Crippen LogP contribution in [0.1, 0.15) is 40.0 Å². The maximum atomic E-state index is 5.38. The summed E-state index contributed by atoms with van der Waals surface area (Å²) in [6.07, 6.45) is 8.57. The zero-order valence-corrected chi connectivity index (χ0v) is 8.35. The fourth-order valence-corrected chi connectivity index (χ4v) is 0.891. The molecule has 0 bridgehead atoms. The lowest BCUT2D eigenvalue weighted by molar-refractivity contribution is 0.506. The molecule has 0 aromatic rings. The molecule has 66 valence electrons. The molecule has 2 unspecified atom stereocenters. The first-order valence-electron chi connectivity index (χ1n) is 4.70. The zero-order chi connectivity index (χ0) is 9.40. The molecule has 0 saturated carbocycles. The molecule has 0 aromatic heterocycles. The Labute approximate surface area is 76.8 Å². The first kappa shape index (κ1) is 11.1. The van der Waals surface area contributed by atoms with Crippen molar-refractivity contribution in [2.45, 2.75) is 40.0 Å². The second kappa shape index (κ2) is 6.81. The van der Waals surface area contributed by atoms with E-state index in [1.54, 1.807) is 0 Å². The molecule has 0 nitrogen and oxygen atoms in total. The van der Waals surface area contributed by atoms with Gasteiger partial charge in [0.15, 0.2) is 0 Å². The first-order chi connectivity index (χ1) is 5.76. The highest BCUT2D eigenvalue weighted by Crippen LogP contribution is 2.12. The summed E-state index contributed by atoms with van der Waals surface area (Å²) >= 11 is 0. The summed E-state index contributed by atoms with van der Waals surface area (Å²) < 4.78 is 0. The van der Waals surface area contributed by atoms with Crippen molar-refractivity contribution >= 4 is 0 Å².